The van der Waals surface area contributed by atoms with E-state index in [4.69, 9.17) is 0 Å². The summed E-state index contributed by atoms with van der Waals surface area (Å²) in [6.07, 6.45) is 6.07. The second-order valence-corrected chi connectivity index (χ2v) is 6.12. The molecule has 0 nitrogen and oxygen atoms in total. The van der Waals surface area contributed by atoms with Crippen LogP contribution in [0.4, 0.5) is 17.6 Å². The van der Waals surface area contributed by atoms with Crippen molar-refractivity contribution in [1.29, 1.82) is 0 Å². The molecule has 0 aliphatic rings. The van der Waals surface area contributed by atoms with E-state index < -0.39 is 17.5 Å². The molecular formula is C21H22F4. The van der Waals surface area contributed by atoms with E-state index in [0.29, 0.717) is 17.5 Å². The molecule has 25 heavy (non-hydrogen) atoms. The summed E-state index contributed by atoms with van der Waals surface area (Å²) in [6.45, 7) is 2.00. The zero-order valence-electron chi connectivity index (χ0n) is 14.3. The Bertz CT molecular complexity index is 694. The maximum atomic E-state index is 13.8. The summed E-state index contributed by atoms with van der Waals surface area (Å²) in [5.74, 6) is -3.93. The van der Waals surface area contributed by atoms with Crippen LogP contribution >= 0.6 is 0 Å². The number of rotatable bonds is 8. The lowest BCUT2D eigenvalue weighted by Crippen LogP contribution is -1.96. The number of hydrogen-bond acceptors (Lipinski definition) is 0. The fourth-order valence-corrected chi connectivity index (χ4v) is 2.63. The van der Waals surface area contributed by atoms with Crippen LogP contribution in [0, 0.1) is 17.5 Å². The molecule has 0 aliphatic heterocycles. The first kappa shape index (κ1) is 19.2. The molecular weight excluding hydrogens is 328 g/mol. The number of unbranched alkanes of at least 4 members (excludes halogenated alkanes) is 2. The van der Waals surface area contributed by atoms with E-state index in [9.17, 15) is 17.6 Å². The van der Waals surface area contributed by atoms with Gasteiger partial charge in [0.25, 0.3) is 0 Å². The van der Waals surface area contributed by atoms with Crippen molar-refractivity contribution in [3.05, 3.63) is 76.6 Å². The summed E-state index contributed by atoms with van der Waals surface area (Å²) in [5, 5.41) is 0. The van der Waals surface area contributed by atoms with Crippen molar-refractivity contribution in [3.63, 3.8) is 0 Å². The number of benzene rings is 2. The first-order chi connectivity index (χ1) is 12.0. The summed E-state index contributed by atoms with van der Waals surface area (Å²) in [6, 6.07) is 9.40. The molecule has 134 valence electrons. The van der Waals surface area contributed by atoms with Crippen LogP contribution in [0.2, 0.25) is 0 Å². The lowest BCUT2D eigenvalue weighted by Gasteiger charge is -2.05. The molecule has 0 fully saturated rings. The van der Waals surface area contributed by atoms with Crippen LogP contribution in [0.3, 0.4) is 0 Å². The average molecular weight is 350 g/mol. The van der Waals surface area contributed by atoms with Gasteiger partial charge in [-0.1, -0.05) is 37.6 Å². The topological polar surface area (TPSA) is 0 Å². The Kier molecular flexibility index (Phi) is 7.23. The van der Waals surface area contributed by atoms with Gasteiger partial charge in [-0.15, -0.1) is 0 Å². The van der Waals surface area contributed by atoms with Gasteiger partial charge < -0.3 is 0 Å². The molecule has 0 spiro atoms. The monoisotopic (exact) mass is 350 g/mol. The van der Waals surface area contributed by atoms with E-state index >= 15 is 0 Å². The van der Waals surface area contributed by atoms with Crippen molar-refractivity contribution in [2.75, 3.05) is 0 Å². The summed E-state index contributed by atoms with van der Waals surface area (Å²) in [4.78, 5) is 0. The largest absolute Gasteiger partial charge is 0.207 e. The first-order valence-electron chi connectivity index (χ1n) is 8.59. The van der Waals surface area contributed by atoms with Gasteiger partial charge in [-0.2, -0.15) is 0 Å². The Morgan fingerprint density at radius 1 is 0.880 bits per heavy atom. The van der Waals surface area contributed by atoms with E-state index in [1.165, 1.54) is 0 Å². The quantitative estimate of drug-likeness (QED) is 0.280. The minimum absolute atomic E-state index is 0.200. The van der Waals surface area contributed by atoms with Crippen molar-refractivity contribution in [3.8, 4) is 0 Å². The Labute approximate surface area is 146 Å². The van der Waals surface area contributed by atoms with Crippen LogP contribution in [0.25, 0.3) is 5.83 Å². The van der Waals surface area contributed by atoms with Gasteiger partial charge in [0, 0.05) is 5.56 Å². The summed E-state index contributed by atoms with van der Waals surface area (Å²) >= 11 is 0. The van der Waals surface area contributed by atoms with Gasteiger partial charge in [0.2, 0.25) is 0 Å². The van der Waals surface area contributed by atoms with Crippen LogP contribution in [0.5, 0.6) is 0 Å². The highest BCUT2D eigenvalue weighted by atomic mass is 19.2. The van der Waals surface area contributed by atoms with E-state index in [1.54, 1.807) is 18.2 Å². The standard InChI is InChI=1S/C21H22F4/c1-2-3-8-18(22)17-11-9-15(10-12-17)6-4-5-7-16-13-19(23)21(25)20(24)14-16/h8-14H,2-7H2,1H3/b18-8+. The predicted octanol–water partition coefficient (Wildman–Crippen LogP) is 6.78. The third kappa shape index (κ3) is 5.73. The van der Waals surface area contributed by atoms with Crippen LogP contribution in [0.15, 0.2) is 42.5 Å². The summed E-state index contributed by atoms with van der Waals surface area (Å²) < 4.78 is 53.0. The predicted molar refractivity (Wildman–Crippen MR) is 93.4 cm³/mol. The van der Waals surface area contributed by atoms with Crippen LogP contribution < -0.4 is 0 Å². The molecule has 0 N–H and O–H groups in total. The minimum Gasteiger partial charge on any atom is -0.207 e. The number of halogens is 4. The van der Waals surface area contributed by atoms with Gasteiger partial charge in [-0.25, -0.2) is 17.6 Å². The maximum Gasteiger partial charge on any atom is 0.194 e. The molecule has 0 saturated heterocycles. The molecule has 2 aromatic rings. The van der Waals surface area contributed by atoms with Crippen LogP contribution in [0.1, 0.15) is 49.3 Å². The van der Waals surface area contributed by atoms with E-state index in [1.807, 2.05) is 19.1 Å². The van der Waals surface area contributed by atoms with Gasteiger partial charge in [-0.05, 0) is 61.4 Å². The highest BCUT2D eigenvalue weighted by Gasteiger charge is 2.10. The molecule has 0 saturated carbocycles. The molecule has 0 aliphatic carbocycles. The van der Waals surface area contributed by atoms with Crippen molar-refractivity contribution < 1.29 is 17.6 Å². The van der Waals surface area contributed by atoms with Gasteiger partial charge in [-0.3, -0.25) is 0 Å². The van der Waals surface area contributed by atoms with Crippen LogP contribution in [-0.4, -0.2) is 0 Å². The molecule has 0 amide bonds. The zero-order valence-corrected chi connectivity index (χ0v) is 14.3. The molecule has 4 heteroatoms. The second-order valence-electron chi connectivity index (χ2n) is 6.12. The molecule has 0 unspecified atom stereocenters. The van der Waals surface area contributed by atoms with E-state index in [-0.39, 0.29) is 5.83 Å². The van der Waals surface area contributed by atoms with E-state index in [0.717, 1.165) is 49.8 Å². The number of allylic oxidation sites excluding steroid dienone is 1. The van der Waals surface area contributed by atoms with Crippen LogP contribution in [-0.2, 0) is 12.8 Å². The summed E-state index contributed by atoms with van der Waals surface area (Å²) in [5.41, 5.74) is 2.12. The third-order valence-electron chi connectivity index (χ3n) is 4.07. The fraction of sp³-hybridized carbons (Fsp3) is 0.333. The van der Waals surface area contributed by atoms with E-state index in [2.05, 4.69) is 0 Å². The summed E-state index contributed by atoms with van der Waals surface area (Å²) in [7, 11) is 0. The molecule has 2 rings (SSSR count). The van der Waals surface area contributed by atoms with Crippen molar-refractivity contribution >= 4 is 5.83 Å². The molecule has 0 heterocycles. The SMILES string of the molecule is CCC/C=C(/F)c1ccc(CCCCc2cc(F)c(F)c(F)c2)cc1. The Balaban J connectivity index is 1.82. The van der Waals surface area contributed by atoms with Gasteiger partial charge in [0.1, 0.15) is 5.83 Å². The van der Waals surface area contributed by atoms with Gasteiger partial charge in [0.15, 0.2) is 17.5 Å². The Hall–Kier alpha value is -2.10. The highest BCUT2D eigenvalue weighted by molar-refractivity contribution is 5.59. The third-order valence-corrected chi connectivity index (χ3v) is 4.07. The lowest BCUT2D eigenvalue weighted by molar-refractivity contribution is 0.445. The number of hydrogen-bond donors (Lipinski definition) is 0. The Morgan fingerprint density at radius 2 is 1.44 bits per heavy atom. The normalized spacial score (nSPS) is 11.8. The first-order valence-corrected chi connectivity index (χ1v) is 8.59. The number of aryl methyl sites for hydroxylation is 2. The van der Waals surface area contributed by atoms with Gasteiger partial charge in [0.05, 0.1) is 0 Å². The maximum absolute atomic E-state index is 13.8. The molecule has 0 bridgehead atoms. The fourth-order valence-electron chi connectivity index (χ4n) is 2.63. The molecule has 0 atom stereocenters. The smallest absolute Gasteiger partial charge is 0.194 e. The second kappa shape index (κ2) is 9.40. The van der Waals surface area contributed by atoms with Crippen molar-refractivity contribution in [1.82, 2.24) is 0 Å². The zero-order chi connectivity index (χ0) is 18.2. The van der Waals surface area contributed by atoms with Crippen molar-refractivity contribution in [2.45, 2.75) is 45.4 Å². The Morgan fingerprint density at radius 3 is 2.00 bits per heavy atom. The van der Waals surface area contributed by atoms with Crippen molar-refractivity contribution in [2.24, 2.45) is 0 Å². The molecule has 2 aromatic carbocycles. The lowest BCUT2D eigenvalue weighted by atomic mass is 10.0. The van der Waals surface area contributed by atoms with Gasteiger partial charge >= 0.3 is 0 Å². The molecule has 0 aromatic heterocycles. The minimum atomic E-state index is -1.43. The highest BCUT2D eigenvalue weighted by Crippen LogP contribution is 2.19. The average Bonchev–Trinajstić information content (AvgIpc) is 2.61. The molecule has 0 radical (unpaired) electrons.